The molecule has 1 fully saturated rings. The molecule has 1 aromatic carbocycles. The van der Waals surface area contributed by atoms with Crippen molar-refractivity contribution in [3.8, 4) is 5.75 Å². The van der Waals surface area contributed by atoms with Crippen molar-refractivity contribution in [2.75, 3.05) is 7.11 Å². The van der Waals surface area contributed by atoms with Crippen LogP contribution in [-0.2, 0) is 15.1 Å². The zero-order chi connectivity index (χ0) is 12.5. The molecule has 2 rings (SSSR count). The molecule has 1 atom stereocenters. The lowest BCUT2D eigenvalue weighted by atomic mass is 9.92. The van der Waals surface area contributed by atoms with Crippen LogP contribution >= 0.6 is 0 Å². The zero-order valence-corrected chi connectivity index (χ0v) is 9.02. The third-order valence-electron chi connectivity index (χ3n) is 2.62. The number of ether oxygens (including phenoxy) is 1. The summed E-state index contributed by atoms with van der Waals surface area (Å²) in [6.45, 7) is 0. The molecule has 0 bridgehead atoms. The van der Waals surface area contributed by atoms with E-state index in [2.05, 4.69) is 5.32 Å². The molecular weight excluding hydrogens is 224 g/mol. The third kappa shape index (κ3) is 1.63. The highest BCUT2D eigenvalue weighted by molar-refractivity contribution is 6.15. The number of urea groups is 1. The Morgan fingerprint density at radius 1 is 1.24 bits per heavy atom. The summed E-state index contributed by atoms with van der Waals surface area (Å²) in [6, 6.07) is 5.64. The number of carbonyl (C=O) groups is 3. The summed E-state index contributed by atoms with van der Waals surface area (Å²) < 4.78 is 4.97. The van der Waals surface area contributed by atoms with Crippen molar-refractivity contribution < 1.29 is 19.1 Å². The molecule has 1 aliphatic heterocycles. The Bertz CT molecular complexity index is 483. The monoisotopic (exact) mass is 234 g/mol. The summed E-state index contributed by atoms with van der Waals surface area (Å²) in [5, 5.41) is 4.35. The van der Waals surface area contributed by atoms with Gasteiger partial charge in [0.15, 0.2) is 6.29 Å². The maximum atomic E-state index is 11.6. The van der Waals surface area contributed by atoms with Gasteiger partial charge < -0.3 is 10.1 Å². The minimum absolute atomic E-state index is 0.386. The summed E-state index contributed by atoms with van der Waals surface area (Å²) in [4.78, 5) is 33.9. The summed E-state index contributed by atoms with van der Waals surface area (Å²) >= 11 is 0. The average molecular weight is 234 g/mol. The fourth-order valence-electron chi connectivity index (χ4n) is 1.68. The van der Waals surface area contributed by atoms with Crippen molar-refractivity contribution in [3.63, 3.8) is 0 Å². The second-order valence-electron chi connectivity index (χ2n) is 3.56. The van der Waals surface area contributed by atoms with Crippen LogP contribution in [0.3, 0.4) is 0 Å². The van der Waals surface area contributed by atoms with Crippen LogP contribution in [0.15, 0.2) is 24.3 Å². The first kappa shape index (κ1) is 11.1. The largest absolute Gasteiger partial charge is 0.497 e. The molecule has 6 heteroatoms. The van der Waals surface area contributed by atoms with Crippen molar-refractivity contribution in [2.24, 2.45) is 0 Å². The van der Waals surface area contributed by atoms with Gasteiger partial charge in [-0.2, -0.15) is 0 Å². The Hall–Kier alpha value is -2.37. The molecule has 1 aromatic rings. The van der Waals surface area contributed by atoms with Crippen LogP contribution in [0.4, 0.5) is 4.79 Å². The van der Waals surface area contributed by atoms with Crippen LogP contribution in [-0.4, -0.2) is 25.3 Å². The van der Waals surface area contributed by atoms with Gasteiger partial charge in [0.25, 0.3) is 5.91 Å². The van der Waals surface area contributed by atoms with Gasteiger partial charge >= 0.3 is 6.03 Å². The van der Waals surface area contributed by atoms with Crippen molar-refractivity contribution in [1.82, 2.24) is 10.6 Å². The van der Waals surface area contributed by atoms with E-state index in [0.29, 0.717) is 17.6 Å². The number of carbonyl (C=O) groups excluding carboxylic acids is 3. The molecule has 0 aromatic heterocycles. The highest BCUT2D eigenvalue weighted by atomic mass is 16.5. The third-order valence-corrected chi connectivity index (χ3v) is 2.62. The predicted octanol–water partition coefficient (Wildman–Crippen LogP) is -0.0712. The van der Waals surface area contributed by atoms with Crippen LogP contribution in [0.25, 0.3) is 0 Å². The van der Waals surface area contributed by atoms with Gasteiger partial charge in [0.2, 0.25) is 5.54 Å². The van der Waals surface area contributed by atoms with Gasteiger partial charge in [0, 0.05) is 0 Å². The Morgan fingerprint density at radius 3 is 2.29 bits per heavy atom. The molecule has 0 radical (unpaired) electrons. The number of nitrogens with one attached hydrogen (secondary N) is 2. The van der Waals surface area contributed by atoms with Crippen LogP contribution < -0.4 is 15.4 Å². The number of methoxy groups -OCH3 is 1. The van der Waals surface area contributed by atoms with Gasteiger partial charge in [0.1, 0.15) is 5.75 Å². The number of rotatable bonds is 3. The normalized spacial score (nSPS) is 22.9. The lowest BCUT2D eigenvalue weighted by Gasteiger charge is -2.19. The van der Waals surface area contributed by atoms with E-state index in [1.165, 1.54) is 7.11 Å². The van der Waals surface area contributed by atoms with E-state index in [-0.39, 0.29) is 0 Å². The Kier molecular flexibility index (Phi) is 2.55. The topological polar surface area (TPSA) is 84.5 Å². The van der Waals surface area contributed by atoms with Gasteiger partial charge in [-0.15, -0.1) is 0 Å². The first-order chi connectivity index (χ1) is 8.12. The summed E-state index contributed by atoms with van der Waals surface area (Å²) in [6.07, 6.45) is 0.412. The van der Waals surface area contributed by atoms with Crippen LogP contribution in [0, 0.1) is 0 Å². The molecule has 1 unspecified atom stereocenters. The lowest BCUT2D eigenvalue weighted by Crippen LogP contribution is -2.45. The van der Waals surface area contributed by atoms with Crippen LogP contribution in [0.2, 0.25) is 0 Å². The Labute approximate surface area is 96.9 Å². The van der Waals surface area contributed by atoms with Gasteiger partial charge in [-0.25, -0.2) is 4.79 Å². The number of benzene rings is 1. The van der Waals surface area contributed by atoms with E-state index >= 15 is 0 Å². The van der Waals surface area contributed by atoms with Crippen molar-refractivity contribution in [3.05, 3.63) is 29.8 Å². The van der Waals surface area contributed by atoms with Crippen LogP contribution in [0.1, 0.15) is 5.56 Å². The standard InChI is InChI=1S/C11H10N2O4/c1-17-8-4-2-7(3-5-8)11(6-14)9(15)12-10(16)13-11/h2-6H,1H3,(H2,12,13,15,16). The number of hydrogen-bond donors (Lipinski definition) is 2. The van der Waals surface area contributed by atoms with Gasteiger partial charge in [0.05, 0.1) is 7.11 Å². The fraction of sp³-hybridized carbons (Fsp3) is 0.182. The number of hydrogen-bond acceptors (Lipinski definition) is 4. The van der Waals surface area contributed by atoms with Gasteiger partial charge in [-0.05, 0) is 17.7 Å². The molecule has 88 valence electrons. The van der Waals surface area contributed by atoms with Gasteiger partial charge in [-0.1, -0.05) is 12.1 Å². The first-order valence-corrected chi connectivity index (χ1v) is 4.87. The minimum Gasteiger partial charge on any atom is -0.497 e. The van der Waals surface area contributed by atoms with E-state index < -0.39 is 17.5 Å². The molecule has 1 aliphatic rings. The van der Waals surface area contributed by atoms with E-state index in [1.54, 1.807) is 24.3 Å². The maximum Gasteiger partial charge on any atom is 0.322 e. The van der Waals surface area contributed by atoms with Crippen molar-refractivity contribution in [1.29, 1.82) is 0 Å². The first-order valence-electron chi connectivity index (χ1n) is 4.87. The Morgan fingerprint density at radius 2 is 1.88 bits per heavy atom. The van der Waals surface area contributed by atoms with E-state index in [0.717, 1.165) is 0 Å². The summed E-state index contributed by atoms with van der Waals surface area (Å²) in [5.41, 5.74) is -1.25. The molecule has 0 spiro atoms. The smallest absolute Gasteiger partial charge is 0.322 e. The molecule has 0 saturated carbocycles. The zero-order valence-electron chi connectivity index (χ0n) is 9.02. The minimum atomic E-state index is -1.64. The number of amides is 3. The second kappa shape index (κ2) is 3.89. The maximum absolute atomic E-state index is 11.6. The summed E-state index contributed by atoms with van der Waals surface area (Å²) in [5.74, 6) is -0.0813. The molecule has 2 N–H and O–H groups in total. The lowest BCUT2D eigenvalue weighted by molar-refractivity contribution is -0.129. The van der Waals surface area contributed by atoms with E-state index in [1.807, 2.05) is 5.32 Å². The molecule has 1 heterocycles. The highest BCUT2D eigenvalue weighted by Crippen LogP contribution is 2.24. The molecular formula is C11H10N2O4. The predicted molar refractivity (Wildman–Crippen MR) is 57.4 cm³/mol. The molecule has 17 heavy (non-hydrogen) atoms. The highest BCUT2D eigenvalue weighted by Gasteiger charge is 2.47. The number of imide groups is 1. The van der Waals surface area contributed by atoms with Crippen molar-refractivity contribution in [2.45, 2.75) is 5.54 Å². The van der Waals surface area contributed by atoms with Crippen LogP contribution in [0.5, 0.6) is 5.75 Å². The second-order valence-corrected chi connectivity index (χ2v) is 3.56. The molecule has 6 nitrogen and oxygen atoms in total. The average Bonchev–Trinajstić information content (AvgIpc) is 2.65. The van der Waals surface area contributed by atoms with E-state index in [4.69, 9.17) is 4.74 Å². The molecule has 0 aliphatic carbocycles. The summed E-state index contributed by atoms with van der Waals surface area (Å²) in [7, 11) is 1.51. The SMILES string of the molecule is COc1ccc(C2(C=O)NC(=O)NC2=O)cc1. The molecule has 1 saturated heterocycles. The number of aldehydes is 1. The van der Waals surface area contributed by atoms with Gasteiger partial charge in [-0.3, -0.25) is 14.9 Å². The fourth-order valence-corrected chi connectivity index (χ4v) is 1.68. The quantitative estimate of drug-likeness (QED) is 0.435. The van der Waals surface area contributed by atoms with Crippen molar-refractivity contribution >= 4 is 18.2 Å². The Balaban J connectivity index is 2.44. The van der Waals surface area contributed by atoms with E-state index in [9.17, 15) is 14.4 Å². The molecule has 3 amide bonds.